The Balaban J connectivity index is 2.07. The third-order valence-electron chi connectivity index (χ3n) is 3.11. The molecule has 0 saturated carbocycles. The molecule has 0 heterocycles. The Kier molecular flexibility index (Phi) is 5.00. The maximum Gasteiger partial charge on any atom is 0.261 e. The van der Waals surface area contributed by atoms with E-state index < -0.39 is 10.0 Å². The number of rotatable bonds is 5. The van der Waals surface area contributed by atoms with Crippen LogP contribution in [0, 0.1) is 12.3 Å². The Bertz CT molecular complexity index is 742. The van der Waals surface area contributed by atoms with E-state index in [1.165, 1.54) is 0 Å². The normalized spacial score (nSPS) is 12.0. The highest BCUT2D eigenvalue weighted by Crippen LogP contribution is 2.22. The second kappa shape index (κ2) is 6.62. The van der Waals surface area contributed by atoms with Gasteiger partial charge in [0.25, 0.3) is 10.0 Å². The molecule has 124 valence electrons. The van der Waals surface area contributed by atoms with Crippen LogP contribution in [0.25, 0.3) is 0 Å². The molecule has 1 N–H and O–H groups in total. The summed E-state index contributed by atoms with van der Waals surface area (Å²) >= 11 is 0. The van der Waals surface area contributed by atoms with E-state index >= 15 is 0 Å². The molecule has 0 fully saturated rings. The fourth-order valence-electron chi connectivity index (χ4n) is 1.85. The first-order valence-corrected chi connectivity index (χ1v) is 8.96. The summed E-state index contributed by atoms with van der Waals surface area (Å²) in [5, 5.41) is 0. The van der Waals surface area contributed by atoms with Crippen molar-refractivity contribution < 1.29 is 13.2 Å². The maximum absolute atomic E-state index is 12.3. The summed E-state index contributed by atoms with van der Waals surface area (Å²) in [4.78, 5) is 0.246. The van der Waals surface area contributed by atoms with Crippen molar-refractivity contribution in [1.82, 2.24) is 0 Å². The number of benzene rings is 2. The van der Waals surface area contributed by atoms with Gasteiger partial charge in [0, 0.05) is 5.69 Å². The molecule has 4 nitrogen and oxygen atoms in total. The fourth-order valence-corrected chi connectivity index (χ4v) is 2.91. The van der Waals surface area contributed by atoms with Crippen LogP contribution in [-0.2, 0) is 10.0 Å². The Morgan fingerprint density at radius 1 is 0.957 bits per heavy atom. The van der Waals surface area contributed by atoms with Crippen molar-refractivity contribution >= 4 is 15.7 Å². The second-order valence-corrected chi connectivity index (χ2v) is 8.47. The molecule has 0 aliphatic carbocycles. The van der Waals surface area contributed by atoms with Gasteiger partial charge in [-0.25, -0.2) is 8.42 Å². The van der Waals surface area contributed by atoms with E-state index in [9.17, 15) is 8.42 Å². The van der Waals surface area contributed by atoms with Crippen LogP contribution in [0.5, 0.6) is 5.75 Å². The number of sulfonamides is 1. The molecule has 0 amide bonds. The van der Waals surface area contributed by atoms with Crippen LogP contribution in [0.15, 0.2) is 53.4 Å². The van der Waals surface area contributed by atoms with Crippen molar-refractivity contribution in [3.8, 4) is 5.75 Å². The first-order valence-electron chi connectivity index (χ1n) is 7.48. The minimum Gasteiger partial charge on any atom is -0.493 e. The molecule has 0 spiro atoms. The van der Waals surface area contributed by atoms with Gasteiger partial charge in [0.1, 0.15) is 5.75 Å². The van der Waals surface area contributed by atoms with Crippen molar-refractivity contribution in [2.24, 2.45) is 5.41 Å². The Morgan fingerprint density at radius 3 is 2.04 bits per heavy atom. The zero-order valence-corrected chi connectivity index (χ0v) is 14.8. The van der Waals surface area contributed by atoms with E-state index in [0.717, 1.165) is 11.3 Å². The molecule has 0 aliphatic heterocycles. The van der Waals surface area contributed by atoms with Crippen LogP contribution < -0.4 is 9.46 Å². The first kappa shape index (κ1) is 17.3. The molecule has 0 aliphatic rings. The van der Waals surface area contributed by atoms with Gasteiger partial charge in [-0.3, -0.25) is 4.72 Å². The Morgan fingerprint density at radius 2 is 1.52 bits per heavy atom. The predicted octanol–water partition coefficient (Wildman–Crippen LogP) is 4.22. The van der Waals surface area contributed by atoms with Crippen molar-refractivity contribution in [2.45, 2.75) is 32.6 Å². The average Bonchev–Trinajstić information content (AvgIpc) is 2.46. The van der Waals surface area contributed by atoms with Gasteiger partial charge in [-0.2, -0.15) is 0 Å². The third-order valence-corrected chi connectivity index (χ3v) is 4.51. The van der Waals surface area contributed by atoms with Gasteiger partial charge in [0.05, 0.1) is 11.5 Å². The van der Waals surface area contributed by atoms with Gasteiger partial charge in [-0.15, -0.1) is 0 Å². The van der Waals surface area contributed by atoms with Crippen LogP contribution in [-0.4, -0.2) is 15.0 Å². The van der Waals surface area contributed by atoms with E-state index in [-0.39, 0.29) is 10.3 Å². The molecule has 2 aromatic carbocycles. The molecule has 0 unspecified atom stereocenters. The smallest absolute Gasteiger partial charge is 0.261 e. The molecular formula is C18H23NO3S. The van der Waals surface area contributed by atoms with Gasteiger partial charge >= 0.3 is 0 Å². The molecule has 0 atom stereocenters. The monoisotopic (exact) mass is 333 g/mol. The van der Waals surface area contributed by atoms with Gasteiger partial charge in [-0.1, -0.05) is 38.5 Å². The van der Waals surface area contributed by atoms with Crippen LogP contribution in [0.1, 0.15) is 26.3 Å². The number of aryl methyl sites for hydroxylation is 1. The van der Waals surface area contributed by atoms with E-state index in [1.807, 2.05) is 6.92 Å². The van der Waals surface area contributed by atoms with Gasteiger partial charge < -0.3 is 4.74 Å². The highest BCUT2D eigenvalue weighted by Gasteiger charge is 2.14. The van der Waals surface area contributed by atoms with E-state index in [0.29, 0.717) is 12.3 Å². The summed E-state index contributed by atoms with van der Waals surface area (Å²) in [6, 6.07) is 13.7. The second-order valence-electron chi connectivity index (χ2n) is 6.79. The topological polar surface area (TPSA) is 55.4 Å². The van der Waals surface area contributed by atoms with Crippen molar-refractivity contribution in [3.63, 3.8) is 0 Å². The van der Waals surface area contributed by atoms with Gasteiger partial charge in [0.15, 0.2) is 0 Å². The first-order chi connectivity index (χ1) is 10.7. The average molecular weight is 333 g/mol. The van der Waals surface area contributed by atoms with Gasteiger partial charge in [-0.05, 0) is 48.7 Å². The minimum absolute atomic E-state index is 0.0751. The lowest BCUT2D eigenvalue weighted by molar-refractivity contribution is 0.198. The summed E-state index contributed by atoms with van der Waals surface area (Å²) in [7, 11) is -3.57. The fraction of sp³-hybridized carbons (Fsp3) is 0.333. The summed E-state index contributed by atoms with van der Waals surface area (Å²) in [6.07, 6.45) is 0. The standard InChI is InChI=1S/C18H23NO3S/c1-14-5-11-17(12-6-14)23(20,21)19-15-7-9-16(10-8-15)22-13-18(2,3)4/h5-12,19H,13H2,1-4H3. The molecule has 0 aromatic heterocycles. The quantitative estimate of drug-likeness (QED) is 0.891. The SMILES string of the molecule is Cc1ccc(S(=O)(=O)Nc2ccc(OCC(C)(C)C)cc2)cc1. The molecule has 5 heteroatoms. The lowest BCUT2D eigenvalue weighted by Gasteiger charge is -2.19. The highest BCUT2D eigenvalue weighted by molar-refractivity contribution is 7.92. The summed E-state index contributed by atoms with van der Waals surface area (Å²) < 4.78 is 32.9. The molecule has 0 saturated heterocycles. The predicted molar refractivity (Wildman–Crippen MR) is 93.4 cm³/mol. The van der Waals surface area contributed by atoms with E-state index in [2.05, 4.69) is 25.5 Å². The van der Waals surface area contributed by atoms with Crippen molar-refractivity contribution in [3.05, 3.63) is 54.1 Å². The minimum atomic E-state index is -3.57. The van der Waals surface area contributed by atoms with E-state index in [4.69, 9.17) is 4.74 Å². The highest BCUT2D eigenvalue weighted by atomic mass is 32.2. The molecule has 23 heavy (non-hydrogen) atoms. The Labute approximate surface area is 138 Å². The summed E-state index contributed by atoms with van der Waals surface area (Å²) in [5.74, 6) is 0.721. The lowest BCUT2D eigenvalue weighted by Crippen LogP contribution is -2.17. The lowest BCUT2D eigenvalue weighted by atomic mass is 9.99. The zero-order chi connectivity index (χ0) is 17.1. The molecule has 2 aromatic rings. The number of hydrogen-bond acceptors (Lipinski definition) is 3. The largest absolute Gasteiger partial charge is 0.493 e. The van der Waals surface area contributed by atoms with Crippen LogP contribution in [0.2, 0.25) is 0 Å². The summed E-state index contributed by atoms with van der Waals surface area (Å²) in [5.41, 5.74) is 1.60. The molecule has 2 rings (SSSR count). The number of hydrogen-bond donors (Lipinski definition) is 1. The number of anilines is 1. The Hall–Kier alpha value is -2.01. The molecule has 0 bridgehead atoms. The van der Waals surface area contributed by atoms with Crippen molar-refractivity contribution in [1.29, 1.82) is 0 Å². The van der Waals surface area contributed by atoms with Gasteiger partial charge in [0.2, 0.25) is 0 Å². The molecule has 0 radical (unpaired) electrons. The van der Waals surface area contributed by atoms with Crippen molar-refractivity contribution in [2.75, 3.05) is 11.3 Å². The summed E-state index contributed by atoms with van der Waals surface area (Å²) in [6.45, 7) is 8.80. The van der Waals surface area contributed by atoms with Crippen LogP contribution >= 0.6 is 0 Å². The number of nitrogens with one attached hydrogen (secondary N) is 1. The zero-order valence-electron chi connectivity index (χ0n) is 14.0. The van der Waals surface area contributed by atoms with Crippen LogP contribution in [0.3, 0.4) is 0 Å². The maximum atomic E-state index is 12.3. The van der Waals surface area contributed by atoms with Crippen LogP contribution in [0.4, 0.5) is 5.69 Å². The number of ether oxygens (including phenoxy) is 1. The molecular weight excluding hydrogens is 310 g/mol. The van der Waals surface area contributed by atoms with E-state index in [1.54, 1.807) is 48.5 Å². The third kappa shape index (κ3) is 5.28.